The number of likely N-dealkylation sites (tertiary alicyclic amines) is 1. The zero-order chi connectivity index (χ0) is 19.4. The average molecular weight is 386 g/mol. The summed E-state index contributed by atoms with van der Waals surface area (Å²) in [5, 5.41) is 0. The summed E-state index contributed by atoms with van der Waals surface area (Å²) in [5.41, 5.74) is 1.91. The third kappa shape index (κ3) is 4.74. The van der Waals surface area contributed by atoms with Crippen LogP contribution in [-0.2, 0) is 21.2 Å². The molecular weight excluding hydrogens is 364 g/mol. The van der Waals surface area contributed by atoms with Gasteiger partial charge in [0.05, 0.1) is 4.90 Å². The molecule has 0 aliphatic carbocycles. The lowest BCUT2D eigenvalue weighted by Crippen LogP contribution is -2.26. The van der Waals surface area contributed by atoms with Crippen LogP contribution in [0, 0.1) is 0 Å². The van der Waals surface area contributed by atoms with Crippen LogP contribution in [0.3, 0.4) is 0 Å². The van der Waals surface area contributed by atoms with E-state index in [1.54, 1.807) is 48.5 Å². The number of anilines is 1. The van der Waals surface area contributed by atoms with Gasteiger partial charge in [0.15, 0.2) is 5.78 Å². The summed E-state index contributed by atoms with van der Waals surface area (Å²) < 4.78 is 27.5. The maximum Gasteiger partial charge on any atom is 0.261 e. The first kappa shape index (κ1) is 19.1. The van der Waals surface area contributed by atoms with Gasteiger partial charge < -0.3 is 4.90 Å². The van der Waals surface area contributed by atoms with Crippen molar-refractivity contribution in [3.8, 4) is 0 Å². The third-order valence-corrected chi connectivity index (χ3v) is 6.02. The molecule has 142 valence electrons. The van der Waals surface area contributed by atoms with Crippen molar-refractivity contribution >= 4 is 27.4 Å². The number of nitrogens with zero attached hydrogens (tertiary/aromatic N) is 1. The number of benzene rings is 2. The first-order valence-corrected chi connectivity index (χ1v) is 10.3. The second-order valence-corrected chi connectivity index (χ2v) is 8.30. The summed E-state index contributed by atoms with van der Waals surface area (Å²) in [4.78, 5) is 24.9. The van der Waals surface area contributed by atoms with E-state index >= 15 is 0 Å². The quantitative estimate of drug-likeness (QED) is 0.742. The summed E-state index contributed by atoms with van der Waals surface area (Å²) in [6.45, 7) is 2.92. The highest BCUT2D eigenvalue weighted by molar-refractivity contribution is 7.92. The molecule has 1 fully saturated rings. The maximum atomic E-state index is 12.5. The molecule has 0 bridgehead atoms. The van der Waals surface area contributed by atoms with Crippen molar-refractivity contribution in [2.24, 2.45) is 0 Å². The summed E-state index contributed by atoms with van der Waals surface area (Å²) in [6.07, 6.45) is 2.23. The van der Waals surface area contributed by atoms with Crippen LogP contribution in [0.5, 0.6) is 0 Å². The lowest BCUT2D eigenvalue weighted by molar-refractivity contribution is -0.127. The molecule has 2 aromatic carbocycles. The van der Waals surface area contributed by atoms with Gasteiger partial charge in [0.25, 0.3) is 10.0 Å². The lowest BCUT2D eigenvalue weighted by Gasteiger charge is -2.15. The molecule has 1 aliphatic rings. The fourth-order valence-corrected chi connectivity index (χ4v) is 4.09. The molecule has 27 heavy (non-hydrogen) atoms. The monoisotopic (exact) mass is 386 g/mol. The van der Waals surface area contributed by atoms with Gasteiger partial charge >= 0.3 is 0 Å². The molecule has 1 heterocycles. The molecule has 0 atom stereocenters. The Kier molecular flexibility index (Phi) is 5.60. The summed E-state index contributed by atoms with van der Waals surface area (Å²) in [5.74, 6) is 0.116. The Balaban J connectivity index is 1.64. The van der Waals surface area contributed by atoms with Gasteiger partial charge in [0.1, 0.15) is 0 Å². The Labute approximate surface area is 159 Å². The number of carbonyl (C=O) groups excluding carboxylic acids is 2. The van der Waals surface area contributed by atoms with Crippen LogP contribution in [0.2, 0.25) is 0 Å². The van der Waals surface area contributed by atoms with E-state index in [-0.39, 0.29) is 16.6 Å². The second kappa shape index (κ2) is 7.92. The highest BCUT2D eigenvalue weighted by Crippen LogP contribution is 2.18. The first-order valence-electron chi connectivity index (χ1n) is 8.86. The molecule has 0 unspecified atom stereocenters. The van der Waals surface area contributed by atoms with Crippen molar-refractivity contribution in [1.82, 2.24) is 4.90 Å². The largest absolute Gasteiger partial charge is 0.342 e. The van der Waals surface area contributed by atoms with Crippen molar-refractivity contribution in [1.29, 1.82) is 0 Å². The number of sulfonamides is 1. The van der Waals surface area contributed by atoms with E-state index in [0.717, 1.165) is 18.5 Å². The Morgan fingerprint density at radius 2 is 1.74 bits per heavy atom. The maximum absolute atomic E-state index is 12.5. The van der Waals surface area contributed by atoms with E-state index < -0.39 is 10.0 Å². The van der Waals surface area contributed by atoms with Gasteiger partial charge in [-0.05, 0) is 61.7 Å². The molecule has 1 saturated heterocycles. The second-order valence-electron chi connectivity index (χ2n) is 6.62. The van der Waals surface area contributed by atoms with Gasteiger partial charge in [-0.25, -0.2) is 8.42 Å². The zero-order valence-corrected chi connectivity index (χ0v) is 16.0. The zero-order valence-electron chi connectivity index (χ0n) is 15.1. The van der Waals surface area contributed by atoms with Crippen molar-refractivity contribution in [3.05, 3.63) is 59.7 Å². The van der Waals surface area contributed by atoms with Gasteiger partial charge in [-0.1, -0.05) is 12.1 Å². The predicted octanol–water partition coefficient (Wildman–Crippen LogP) is 2.85. The summed E-state index contributed by atoms with van der Waals surface area (Å²) in [6, 6.07) is 13.0. The third-order valence-electron chi connectivity index (χ3n) is 4.62. The summed E-state index contributed by atoms with van der Waals surface area (Å²) >= 11 is 0. The topological polar surface area (TPSA) is 83.6 Å². The number of carbonyl (C=O) groups is 2. The van der Waals surface area contributed by atoms with Crippen LogP contribution in [-0.4, -0.2) is 38.1 Å². The first-order chi connectivity index (χ1) is 12.8. The van der Waals surface area contributed by atoms with Gasteiger partial charge in [-0.15, -0.1) is 0 Å². The van der Waals surface area contributed by atoms with Crippen molar-refractivity contribution in [2.45, 2.75) is 31.1 Å². The van der Waals surface area contributed by atoms with Crippen LogP contribution < -0.4 is 4.72 Å². The molecule has 1 aliphatic heterocycles. The number of nitrogens with one attached hydrogen (secondary N) is 1. The fourth-order valence-electron chi connectivity index (χ4n) is 3.03. The lowest BCUT2D eigenvalue weighted by atomic mass is 10.1. The Bertz CT molecular complexity index is 935. The van der Waals surface area contributed by atoms with Crippen LogP contribution in [0.1, 0.15) is 35.7 Å². The number of hydrogen-bond donors (Lipinski definition) is 1. The van der Waals surface area contributed by atoms with E-state index in [1.165, 1.54) is 6.92 Å². The predicted molar refractivity (Wildman–Crippen MR) is 103 cm³/mol. The number of ketones is 1. The van der Waals surface area contributed by atoms with Gasteiger partial charge in [-0.2, -0.15) is 0 Å². The molecule has 1 amide bonds. The van der Waals surface area contributed by atoms with E-state index in [4.69, 9.17) is 0 Å². The molecule has 7 heteroatoms. The Hall–Kier alpha value is -2.67. The van der Waals surface area contributed by atoms with E-state index in [0.29, 0.717) is 30.6 Å². The van der Waals surface area contributed by atoms with E-state index in [9.17, 15) is 18.0 Å². The minimum atomic E-state index is -3.70. The van der Waals surface area contributed by atoms with Gasteiger partial charge in [-0.3, -0.25) is 14.3 Å². The molecule has 0 saturated carbocycles. The molecule has 3 rings (SSSR count). The highest BCUT2D eigenvalue weighted by atomic mass is 32.2. The Morgan fingerprint density at radius 1 is 1.07 bits per heavy atom. The van der Waals surface area contributed by atoms with E-state index in [1.807, 2.05) is 4.90 Å². The minimum absolute atomic E-state index is 0.0735. The number of Topliss-reactive ketones (excluding diaryl/α,β-unsaturated/α-hetero) is 1. The standard InChI is InChI=1S/C20H22N2O4S/c1-15(23)17-6-8-18(9-7-17)21-27(25,26)19-10-4-16(5-11-19)12-14-22-13-2-3-20(22)24/h4-11,21H,2-3,12-14H2,1H3. The molecule has 6 nitrogen and oxygen atoms in total. The van der Waals surface area contributed by atoms with Gasteiger partial charge in [0.2, 0.25) is 5.91 Å². The smallest absolute Gasteiger partial charge is 0.261 e. The van der Waals surface area contributed by atoms with Crippen molar-refractivity contribution < 1.29 is 18.0 Å². The minimum Gasteiger partial charge on any atom is -0.342 e. The number of amides is 1. The SMILES string of the molecule is CC(=O)c1ccc(NS(=O)(=O)c2ccc(CCN3CCCC3=O)cc2)cc1. The number of hydrogen-bond acceptors (Lipinski definition) is 4. The molecule has 2 aromatic rings. The molecule has 0 radical (unpaired) electrons. The van der Waals surface area contributed by atoms with E-state index in [2.05, 4.69) is 4.72 Å². The molecule has 0 aromatic heterocycles. The van der Waals surface area contributed by atoms with Gasteiger partial charge in [0, 0.05) is 30.8 Å². The highest BCUT2D eigenvalue weighted by Gasteiger charge is 2.19. The summed E-state index contributed by atoms with van der Waals surface area (Å²) in [7, 11) is -3.70. The Morgan fingerprint density at radius 3 is 2.30 bits per heavy atom. The van der Waals surface area contributed by atoms with Crippen LogP contribution in [0.25, 0.3) is 0 Å². The van der Waals surface area contributed by atoms with Crippen LogP contribution in [0.15, 0.2) is 53.4 Å². The van der Waals surface area contributed by atoms with Crippen LogP contribution >= 0.6 is 0 Å². The number of rotatable bonds is 7. The van der Waals surface area contributed by atoms with Crippen molar-refractivity contribution in [2.75, 3.05) is 17.8 Å². The molecule has 0 spiro atoms. The molecule has 1 N–H and O–H groups in total. The normalized spacial score (nSPS) is 14.4. The van der Waals surface area contributed by atoms with Crippen LogP contribution in [0.4, 0.5) is 5.69 Å². The average Bonchev–Trinajstić information content (AvgIpc) is 3.05. The van der Waals surface area contributed by atoms with Crippen molar-refractivity contribution in [3.63, 3.8) is 0 Å². The fraction of sp³-hybridized carbons (Fsp3) is 0.300. The molecular formula is C20H22N2O4S.